The fourth-order valence-electron chi connectivity index (χ4n) is 5.69. The van der Waals surface area contributed by atoms with E-state index in [-0.39, 0.29) is 0 Å². The van der Waals surface area contributed by atoms with Gasteiger partial charge in [-0.25, -0.2) is 0 Å². The second-order valence-electron chi connectivity index (χ2n) is 10.7. The van der Waals surface area contributed by atoms with Gasteiger partial charge < -0.3 is 0 Å². The molecule has 2 heteroatoms. The summed E-state index contributed by atoms with van der Waals surface area (Å²) in [7, 11) is 0. The van der Waals surface area contributed by atoms with Crippen LogP contribution in [-0.2, 0) is 36.1 Å². The molecule has 7 rings (SSSR count). The number of para-hydroxylation sites is 1. The predicted molar refractivity (Wildman–Crippen MR) is 167 cm³/mol. The Morgan fingerprint density at radius 2 is 1.32 bits per heavy atom. The Morgan fingerprint density at radius 3 is 2.00 bits per heavy atom. The van der Waals surface area contributed by atoms with Gasteiger partial charge in [0, 0.05) is 0 Å². The summed E-state index contributed by atoms with van der Waals surface area (Å²) >= 11 is -0.763. The van der Waals surface area contributed by atoms with E-state index in [1.807, 2.05) is 0 Å². The number of benzene rings is 4. The third kappa shape index (κ3) is 5.84. The van der Waals surface area contributed by atoms with E-state index >= 15 is 0 Å². The quantitative estimate of drug-likeness (QED) is 0.184. The van der Waals surface area contributed by atoms with E-state index in [0.717, 1.165) is 12.8 Å². The zero-order chi connectivity index (χ0) is 27.3. The molecule has 0 N–H and O–H groups in total. The van der Waals surface area contributed by atoms with Crippen LogP contribution in [0.5, 0.6) is 0 Å². The SMILES string of the molecule is CC1=CC[C]([Zr][CH]2C(n3ccc4ccccc43)=Cc3ccccc32)=C1C.c1ccc(CCc2ccccc2)cc1. The van der Waals surface area contributed by atoms with Crippen LogP contribution in [0.1, 0.15) is 46.1 Å². The van der Waals surface area contributed by atoms with Crippen LogP contribution >= 0.6 is 0 Å². The summed E-state index contributed by atoms with van der Waals surface area (Å²) in [6.45, 7) is 4.59. The molecule has 0 saturated carbocycles. The monoisotopic (exact) mass is 595 g/mol. The van der Waals surface area contributed by atoms with Gasteiger partial charge in [0.25, 0.3) is 0 Å². The minimum Gasteiger partial charge on any atom is -0.0622 e. The van der Waals surface area contributed by atoms with Crippen molar-refractivity contribution in [2.45, 2.75) is 36.7 Å². The van der Waals surface area contributed by atoms with Crippen LogP contribution in [0.2, 0.25) is 0 Å². The first-order chi connectivity index (χ1) is 19.7. The first kappa shape index (κ1) is 26.7. The van der Waals surface area contributed by atoms with Crippen molar-refractivity contribution in [1.82, 2.24) is 4.57 Å². The van der Waals surface area contributed by atoms with Crippen LogP contribution in [0.4, 0.5) is 0 Å². The number of hydrogen-bond acceptors (Lipinski definition) is 0. The number of allylic oxidation sites excluding steroid dienone is 5. The molecule has 0 fully saturated rings. The number of aryl methyl sites for hydroxylation is 2. The van der Waals surface area contributed by atoms with Crippen molar-refractivity contribution in [1.29, 1.82) is 0 Å². The van der Waals surface area contributed by atoms with Crippen LogP contribution in [0, 0.1) is 0 Å². The van der Waals surface area contributed by atoms with Crippen molar-refractivity contribution in [2.75, 3.05) is 0 Å². The van der Waals surface area contributed by atoms with Crippen molar-refractivity contribution in [3.8, 4) is 0 Å². The standard InChI is InChI=1S/C17H12N.C14H14.C7H9.Zr/c1-2-7-15-12-16(11-14(15)6-1)18-10-9-13-5-3-4-8-17(13)18;1-3-7-13(8-4-1)11-12-14-9-5-2-6-10-14;1-6-4-3-5-7(6)2;/h1-12H;1-10H,11-12H2;4H,3H2,1-2H3;. The Balaban J connectivity index is 0.000000175. The molecule has 0 amide bonds. The minimum absolute atomic E-state index is 0.592. The molecule has 1 nitrogen and oxygen atoms in total. The molecule has 1 atom stereocenters. The second kappa shape index (κ2) is 12.4. The topological polar surface area (TPSA) is 4.93 Å². The third-order valence-electron chi connectivity index (χ3n) is 8.15. The van der Waals surface area contributed by atoms with Gasteiger partial charge in [-0.15, -0.1) is 0 Å². The summed E-state index contributed by atoms with van der Waals surface area (Å²) in [6.07, 6.45) is 10.5. The molecule has 196 valence electrons. The smallest absolute Gasteiger partial charge is 0.0238 e. The van der Waals surface area contributed by atoms with Gasteiger partial charge in [0.1, 0.15) is 0 Å². The molecule has 4 aromatic carbocycles. The van der Waals surface area contributed by atoms with Crippen molar-refractivity contribution < 1.29 is 23.2 Å². The molecule has 2 aliphatic carbocycles. The fourth-order valence-corrected chi connectivity index (χ4v) is 10.0. The summed E-state index contributed by atoms with van der Waals surface area (Å²) in [5.41, 5.74) is 11.6. The van der Waals surface area contributed by atoms with Crippen molar-refractivity contribution in [2.24, 2.45) is 0 Å². The van der Waals surface area contributed by atoms with Gasteiger partial charge >= 0.3 is 167 Å². The molecule has 5 aromatic rings. The van der Waals surface area contributed by atoms with Crippen LogP contribution in [0.25, 0.3) is 22.7 Å². The number of rotatable bonds is 6. The molecule has 1 aromatic heterocycles. The fraction of sp³-hybridized carbons (Fsp3) is 0.158. The molecule has 0 bridgehead atoms. The average Bonchev–Trinajstić information content (AvgIpc) is 3.69. The minimum atomic E-state index is -0.763. The molecular formula is C38H35NZr. The number of hydrogen-bond donors (Lipinski definition) is 0. The summed E-state index contributed by atoms with van der Waals surface area (Å²) in [5, 5.41) is 1.32. The van der Waals surface area contributed by atoms with Gasteiger partial charge in [0.05, 0.1) is 0 Å². The van der Waals surface area contributed by atoms with Crippen LogP contribution in [0.15, 0.2) is 142 Å². The Bertz CT molecular complexity index is 1660. The van der Waals surface area contributed by atoms with Crippen molar-refractivity contribution in [3.05, 3.63) is 164 Å². The van der Waals surface area contributed by atoms with Crippen LogP contribution < -0.4 is 0 Å². The molecule has 1 unspecified atom stereocenters. The zero-order valence-electron chi connectivity index (χ0n) is 23.3. The van der Waals surface area contributed by atoms with Gasteiger partial charge in [-0.1, -0.05) is 60.7 Å². The number of fused-ring (bicyclic) bond motifs is 2. The van der Waals surface area contributed by atoms with Crippen molar-refractivity contribution in [3.63, 3.8) is 0 Å². The van der Waals surface area contributed by atoms with Gasteiger partial charge in [-0.2, -0.15) is 0 Å². The largest absolute Gasteiger partial charge is 0.0622 e. The van der Waals surface area contributed by atoms with E-state index < -0.39 is 23.2 Å². The Morgan fingerprint density at radius 1 is 0.700 bits per heavy atom. The molecule has 0 saturated heterocycles. The van der Waals surface area contributed by atoms with Crippen LogP contribution in [0.3, 0.4) is 0 Å². The summed E-state index contributed by atoms with van der Waals surface area (Å²) < 4.78 is 4.79. The van der Waals surface area contributed by atoms with E-state index in [0.29, 0.717) is 3.63 Å². The van der Waals surface area contributed by atoms with E-state index in [1.165, 1.54) is 50.8 Å². The van der Waals surface area contributed by atoms with Crippen LogP contribution in [-0.4, -0.2) is 4.57 Å². The molecular weight excluding hydrogens is 562 g/mol. The second-order valence-corrected chi connectivity index (χ2v) is 14.3. The van der Waals surface area contributed by atoms with E-state index in [2.05, 4.69) is 152 Å². The maximum absolute atomic E-state index is 2.44. The Hall–Kier alpha value is -3.48. The molecule has 0 spiro atoms. The molecule has 0 radical (unpaired) electrons. The first-order valence-corrected chi connectivity index (χ1v) is 16.9. The normalized spacial score (nSPS) is 15.8. The maximum Gasteiger partial charge on any atom is -0.0238 e. The summed E-state index contributed by atoms with van der Waals surface area (Å²) in [4.78, 5) is 0. The summed E-state index contributed by atoms with van der Waals surface area (Å²) in [6, 6.07) is 41.2. The van der Waals surface area contributed by atoms with E-state index in [1.54, 1.807) is 8.85 Å². The average molecular weight is 597 g/mol. The third-order valence-corrected chi connectivity index (χ3v) is 12.6. The van der Waals surface area contributed by atoms with E-state index in [4.69, 9.17) is 0 Å². The van der Waals surface area contributed by atoms with E-state index in [9.17, 15) is 0 Å². The van der Waals surface area contributed by atoms with Crippen molar-refractivity contribution >= 4 is 22.7 Å². The van der Waals surface area contributed by atoms with Gasteiger partial charge in [-0.3, -0.25) is 0 Å². The maximum atomic E-state index is 2.44. The number of aromatic nitrogens is 1. The van der Waals surface area contributed by atoms with Gasteiger partial charge in [0.2, 0.25) is 0 Å². The first-order valence-electron chi connectivity index (χ1n) is 14.3. The zero-order valence-corrected chi connectivity index (χ0v) is 25.8. The summed E-state index contributed by atoms with van der Waals surface area (Å²) in [5.74, 6) is 0. The number of nitrogens with zero attached hydrogens (tertiary/aromatic N) is 1. The molecule has 1 heterocycles. The molecule has 2 aliphatic rings. The van der Waals surface area contributed by atoms with Gasteiger partial charge in [0.15, 0.2) is 0 Å². The Kier molecular flexibility index (Phi) is 8.26. The predicted octanol–water partition coefficient (Wildman–Crippen LogP) is 9.87. The molecule has 40 heavy (non-hydrogen) atoms. The van der Waals surface area contributed by atoms with Gasteiger partial charge in [-0.05, 0) is 24.0 Å². The Labute approximate surface area is 250 Å². The molecule has 0 aliphatic heterocycles.